The number of hydrogen-bond donors (Lipinski definition) is 2. The lowest BCUT2D eigenvalue weighted by atomic mass is 10.0. The summed E-state index contributed by atoms with van der Waals surface area (Å²) in [6, 6.07) is 5.49. The average molecular weight is 408 g/mol. The number of amides is 3. The van der Waals surface area contributed by atoms with E-state index in [1.165, 1.54) is 0 Å². The monoisotopic (exact) mass is 408 g/mol. The van der Waals surface area contributed by atoms with Crippen LogP contribution in [0.25, 0.3) is 0 Å². The van der Waals surface area contributed by atoms with Crippen LogP contribution in [-0.2, 0) is 29.2 Å². The minimum atomic E-state index is -0.610. The number of nitrogen functional groups attached to an aromatic ring is 1. The van der Waals surface area contributed by atoms with E-state index in [-0.39, 0.29) is 24.3 Å². The summed E-state index contributed by atoms with van der Waals surface area (Å²) in [5.74, 6) is 0.0599. The van der Waals surface area contributed by atoms with E-state index in [0.29, 0.717) is 30.8 Å². The van der Waals surface area contributed by atoms with Crippen molar-refractivity contribution in [3.05, 3.63) is 41.1 Å². The van der Waals surface area contributed by atoms with Gasteiger partial charge in [-0.05, 0) is 30.9 Å². The van der Waals surface area contributed by atoms with Crippen LogP contribution in [0, 0.1) is 0 Å². The standard InChI is InChI=1S/C21H24N6O3/c1-12-7-8-27-20(15(22)9-23-27)25(12)10-13-3-2-4-14-11-26(21(30)18(13)14)16-5-6-17(28)24-19(16)29/h2-4,9,12,16H,5-8,10-11,22H2,1H3,(H,24,28,29). The zero-order valence-corrected chi connectivity index (χ0v) is 16.8. The van der Waals surface area contributed by atoms with Gasteiger partial charge in [-0.2, -0.15) is 5.10 Å². The smallest absolute Gasteiger partial charge is 0.255 e. The number of nitrogens with zero attached hydrogens (tertiary/aromatic N) is 4. The summed E-state index contributed by atoms with van der Waals surface area (Å²) >= 11 is 0. The van der Waals surface area contributed by atoms with Crippen molar-refractivity contribution in [2.24, 2.45) is 0 Å². The molecule has 1 saturated heterocycles. The number of carbonyl (C=O) groups is 3. The highest BCUT2D eigenvalue weighted by Gasteiger charge is 2.40. The van der Waals surface area contributed by atoms with Crippen LogP contribution < -0.4 is 16.0 Å². The van der Waals surface area contributed by atoms with Gasteiger partial charge in [0.15, 0.2) is 5.82 Å². The number of rotatable bonds is 3. The Hall–Kier alpha value is -3.36. The number of anilines is 2. The molecule has 156 valence electrons. The fraction of sp³-hybridized carbons (Fsp3) is 0.429. The SMILES string of the molecule is CC1CCn2ncc(N)c2N1Cc1cccc2c1C(=O)N(C1CCC(=O)NC1=O)C2. The second-order valence-electron chi connectivity index (χ2n) is 8.26. The van der Waals surface area contributed by atoms with Crippen LogP contribution in [0.3, 0.4) is 0 Å². The molecule has 2 unspecified atom stereocenters. The molecule has 1 aromatic heterocycles. The van der Waals surface area contributed by atoms with Crippen molar-refractivity contribution < 1.29 is 14.4 Å². The minimum absolute atomic E-state index is 0.152. The largest absolute Gasteiger partial charge is 0.394 e. The van der Waals surface area contributed by atoms with Crippen LogP contribution in [-0.4, -0.2) is 44.5 Å². The van der Waals surface area contributed by atoms with Gasteiger partial charge >= 0.3 is 0 Å². The van der Waals surface area contributed by atoms with E-state index in [0.717, 1.165) is 29.9 Å². The molecule has 2 atom stereocenters. The van der Waals surface area contributed by atoms with E-state index in [1.807, 2.05) is 22.9 Å². The van der Waals surface area contributed by atoms with E-state index in [9.17, 15) is 14.4 Å². The normalized spacial score (nSPS) is 23.4. The Morgan fingerprint density at radius 1 is 1.23 bits per heavy atom. The van der Waals surface area contributed by atoms with Crippen molar-refractivity contribution in [1.29, 1.82) is 0 Å². The van der Waals surface area contributed by atoms with Crippen LogP contribution in [0.4, 0.5) is 11.5 Å². The molecule has 2 aromatic rings. The molecule has 3 amide bonds. The first kappa shape index (κ1) is 18.7. The maximum Gasteiger partial charge on any atom is 0.255 e. The molecule has 3 aliphatic rings. The summed E-state index contributed by atoms with van der Waals surface area (Å²) in [7, 11) is 0. The molecule has 0 saturated carbocycles. The zero-order chi connectivity index (χ0) is 21.0. The Bertz CT molecular complexity index is 1060. The number of nitrogens with one attached hydrogen (secondary N) is 1. The quantitative estimate of drug-likeness (QED) is 0.734. The fourth-order valence-corrected chi connectivity index (χ4v) is 4.78. The Morgan fingerprint density at radius 2 is 2.07 bits per heavy atom. The maximum absolute atomic E-state index is 13.3. The molecule has 5 rings (SSSR count). The number of hydrogen-bond acceptors (Lipinski definition) is 6. The predicted octanol–water partition coefficient (Wildman–Crippen LogP) is 1.03. The van der Waals surface area contributed by atoms with Gasteiger partial charge in [0.2, 0.25) is 11.8 Å². The highest BCUT2D eigenvalue weighted by atomic mass is 16.2. The van der Waals surface area contributed by atoms with Gasteiger partial charge in [0, 0.05) is 37.7 Å². The molecule has 30 heavy (non-hydrogen) atoms. The third-order valence-electron chi connectivity index (χ3n) is 6.38. The second-order valence-corrected chi connectivity index (χ2v) is 8.26. The van der Waals surface area contributed by atoms with Crippen molar-refractivity contribution in [1.82, 2.24) is 20.0 Å². The molecule has 0 aliphatic carbocycles. The molecule has 4 heterocycles. The van der Waals surface area contributed by atoms with Gasteiger partial charge in [-0.3, -0.25) is 19.7 Å². The number of aryl methyl sites for hydroxylation is 1. The van der Waals surface area contributed by atoms with Crippen molar-refractivity contribution in [2.45, 2.75) is 57.9 Å². The topological polar surface area (TPSA) is 114 Å². The van der Waals surface area contributed by atoms with Crippen LogP contribution in [0.5, 0.6) is 0 Å². The summed E-state index contributed by atoms with van der Waals surface area (Å²) in [5, 5.41) is 6.71. The van der Waals surface area contributed by atoms with Gasteiger partial charge in [-0.1, -0.05) is 18.2 Å². The Labute approximate surface area is 173 Å². The minimum Gasteiger partial charge on any atom is -0.394 e. The molecule has 9 heteroatoms. The van der Waals surface area contributed by atoms with Crippen LogP contribution in [0.15, 0.2) is 24.4 Å². The van der Waals surface area contributed by atoms with Gasteiger partial charge in [0.1, 0.15) is 6.04 Å². The summed E-state index contributed by atoms with van der Waals surface area (Å²) in [4.78, 5) is 40.9. The van der Waals surface area contributed by atoms with E-state index < -0.39 is 11.9 Å². The lowest BCUT2D eigenvalue weighted by Crippen LogP contribution is -2.52. The number of fused-ring (bicyclic) bond motifs is 2. The fourth-order valence-electron chi connectivity index (χ4n) is 4.78. The van der Waals surface area contributed by atoms with Crippen LogP contribution in [0.2, 0.25) is 0 Å². The third kappa shape index (κ3) is 2.84. The van der Waals surface area contributed by atoms with Gasteiger partial charge in [0.25, 0.3) is 5.91 Å². The number of imide groups is 1. The predicted molar refractivity (Wildman–Crippen MR) is 109 cm³/mol. The number of nitrogens with two attached hydrogens (primary N) is 1. The molecule has 3 N–H and O–H groups in total. The van der Waals surface area contributed by atoms with E-state index in [4.69, 9.17) is 5.73 Å². The van der Waals surface area contributed by atoms with Crippen molar-refractivity contribution in [2.75, 3.05) is 10.6 Å². The van der Waals surface area contributed by atoms with Crippen molar-refractivity contribution >= 4 is 29.2 Å². The lowest BCUT2D eigenvalue weighted by Gasteiger charge is -2.36. The molecule has 0 radical (unpaired) electrons. The average Bonchev–Trinajstić information content (AvgIpc) is 3.25. The second kappa shape index (κ2) is 6.86. The van der Waals surface area contributed by atoms with Crippen LogP contribution >= 0.6 is 0 Å². The summed E-state index contributed by atoms with van der Waals surface area (Å²) in [5.41, 5.74) is 9.29. The van der Waals surface area contributed by atoms with Crippen molar-refractivity contribution in [3.8, 4) is 0 Å². The molecule has 9 nitrogen and oxygen atoms in total. The van der Waals surface area contributed by atoms with E-state index in [2.05, 4.69) is 22.2 Å². The number of aromatic nitrogens is 2. The molecule has 3 aliphatic heterocycles. The highest BCUT2D eigenvalue weighted by Crippen LogP contribution is 2.35. The first-order valence-corrected chi connectivity index (χ1v) is 10.3. The number of benzene rings is 1. The van der Waals surface area contributed by atoms with Crippen molar-refractivity contribution in [3.63, 3.8) is 0 Å². The molecule has 1 aromatic carbocycles. The first-order valence-electron chi connectivity index (χ1n) is 10.3. The van der Waals surface area contributed by atoms with Gasteiger partial charge in [-0.25, -0.2) is 4.68 Å². The Morgan fingerprint density at radius 3 is 2.87 bits per heavy atom. The zero-order valence-electron chi connectivity index (χ0n) is 16.8. The third-order valence-corrected chi connectivity index (χ3v) is 6.38. The van der Waals surface area contributed by atoms with Gasteiger partial charge in [-0.15, -0.1) is 0 Å². The first-order chi connectivity index (χ1) is 14.4. The molecule has 0 spiro atoms. The Balaban J connectivity index is 1.45. The van der Waals surface area contributed by atoms with Gasteiger partial charge in [0.05, 0.1) is 11.9 Å². The summed E-state index contributed by atoms with van der Waals surface area (Å²) < 4.78 is 1.91. The molecular formula is C21H24N6O3. The number of carbonyl (C=O) groups excluding carboxylic acids is 3. The Kier molecular flexibility index (Phi) is 4.27. The molecule has 0 bridgehead atoms. The van der Waals surface area contributed by atoms with E-state index in [1.54, 1.807) is 11.1 Å². The number of piperidine rings is 1. The van der Waals surface area contributed by atoms with Gasteiger partial charge < -0.3 is 15.5 Å². The molecule has 1 fully saturated rings. The summed E-state index contributed by atoms with van der Waals surface area (Å²) in [6.07, 6.45) is 3.22. The molecular weight excluding hydrogens is 384 g/mol. The maximum atomic E-state index is 13.3. The van der Waals surface area contributed by atoms with E-state index >= 15 is 0 Å². The lowest BCUT2D eigenvalue weighted by molar-refractivity contribution is -0.136. The highest BCUT2D eigenvalue weighted by molar-refractivity contribution is 6.06. The summed E-state index contributed by atoms with van der Waals surface area (Å²) in [6.45, 7) is 3.88. The van der Waals surface area contributed by atoms with Crippen LogP contribution in [0.1, 0.15) is 47.7 Å².